The van der Waals surface area contributed by atoms with Crippen molar-refractivity contribution in [2.45, 2.75) is 33.2 Å². The van der Waals surface area contributed by atoms with Gasteiger partial charge in [0.05, 0.1) is 5.69 Å². The van der Waals surface area contributed by atoms with Crippen molar-refractivity contribution >= 4 is 11.9 Å². The number of nitrogens with zero attached hydrogens (tertiary/aromatic N) is 3. The topological polar surface area (TPSA) is 97.1 Å². The number of carbonyl (C=O) groups excluding carboxylic acids is 1. The predicted octanol–water partition coefficient (Wildman–Crippen LogP) is 1.80. The molecule has 0 aliphatic rings. The number of hydrogen-bond acceptors (Lipinski definition) is 4. The molecule has 1 aromatic carbocycles. The first-order valence-electron chi connectivity index (χ1n) is 7.43. The molecule has 0 saturated carbocycles. The number of rotatable bonds is 6. The molecule has 122 valence electrons. The second kappa shape index (κ2) is 7.04. The number of hydrogen-bond donors (Lipinski definition) is 2. The summed E-state index contributed by atoms with van der Waals surface area (Å²) >= 11 is 0. The summed E-state index contributed by atoms with van der Waals surface area (Å²) in [5, 5.41) is 15.9. The van der Waals surface area contributed by atoms with Gasteiger partial charge in [0.2, 0.25) is 0 Å². The van der Waals surface area contributed by atoms with Gasteiger partial charge in [-0.1, -0.05) is 20.3 Å². The van der Waals surface area contributed by atoms with E-state index in [0.717, 1.165) is 11.3 Å². The van der Waals surface area contributed by atoms with Gasteiger partial charge in [-0.25, -0.2) is 14.5 Å². The van der Waals surface area contributed by atoms with Crippen LogP contribution in [0.1, 0.15) is 36.2 Å². The van der Waals surface area contributed by atoms with E-state index in [0.29, 0.717) is 12.0 Å². The predicted molar refractivity (Wildman–Crippen MR) is 84.4 cm³/mol. The van der Waals surface area contributed by atoms with Crippen molar-refractivity contribution in [1.82, 2.24) is 20.1 Å². The molecule has 0 spiro atoms. The summed E-state index contributed by atoms with van der Waals surface area (Å²) < 4.78 is 1.59. The van der Waals surface area contributed by atoms with Gasteiger partial charge in [0, 0.05) is 5.56 Å². The van der Waals surface area contributed by atoms with Crippen LogP contribution in [0.2, 0.25) is 0 Å². The minimum atomic E-state index is -1.02. The second-order valence-electron chi connectivity index (χ2n) is 5.51. The zero-order valence-corrected chi connectivity index (χ0v) is 13.4. The molecular formula is C16H20N4O3. The fourth-order valence-electron chi connectivity index (χ4n) is 2.29. The maximum Gasteiger partial charge on any atom is 0.326 e. The number of nitrogens with one attached hydrogen (secondary N) is 1. The van der Waals surface area contributed by atoms with Crippen LogP contribution in [0, 0.1) is 12.8 Å². The number of aliphatic carboxylic acids is 1. The van der Waals surface area contributed by atoms with Crippen LogP contribution in [-0.4, -0.2) is 37.8 Å². The van der Waals surface area contributed by atoms with Gasteiger partial charge in [0.25, 0.3) is 5.91 Å². The van der Waals surface area contributed by atoms with Gasteiger partial charge in [-0.2, -0.15) is 5.10 Å². The number of amides is 1. The van der Waals surface area contributed by atoms with E-state index in [9.17, 15) is 14.7 Å². The normalized spacial score (nSPS) is 13.3. The van der Waals surface area contributed by atoms with Crippen molar-refractivity contribution in [3.63, 3.8) is 0 Å². The Hall–Kier alpha value is -2.70. The molecule has 0 aliphatic heterocycles. The third kappa shape index (κ3) is 3.74. The molecule has 1 amide bonds. The molecule has 0 fully saturated rings. The second-order valence-corrected chi connectivity index (χ2v) is 5.51. The zero-order valence-electron chi connectivity index (χ0n) is 13.4. The van der Waals surface area contributed by atoms with Gasteiger partial charge in [-0.15, -0.1) is 0 Å². The van der Waals surface area contributed by atoms with Crippen LogP contribution in [0.3, 0.4) is 0 Å². The van der Waals surface area contributed by atoms with Crippen LogP contribution in [0.15, 0.2) is 30.9 Å². The Bertz CT molecular complexity index is 697. The molecule has 7 heteroatoms. The number of aryl methyl sites for hydroxylation is 1. The van der Waals surface area contributed by atoms with E-state index >= 15 is 0 Å². The molecule has 0 unspecified atom stereocenters. The van der Waals surface area contributed by atoms with Gasteiger partial charge in [-0.3, -0.25) is 4.79 Å². The molecule has 0 radical (unpaired) electrons. The quantitative estimate of drug-likeness (QED) is 0.847. The standard InChI is InChI=1S/C16H20N4O3/c1-4-10(2)14(16(22)23)19-15(21)13-6-5-12(7-11(13)3)20-9-17-8-18-20/h5-10,14H,4H2,1-3H3,(H,19,21)(H,22,23)/t10-,14-/m0/s1. The monoisotopic (exact) mass is 316 g/mol. The summed E-state index contributed by atoms with van der Waals surface area (Å²) in [4.78, 5) is 27.6. The Morgan fingerprint density at radius 3 is 2.65 bits per heavy atom. The molecule has 0 bridgehead atoms. The lowest BCUT2D eigenvalue weighted by Crippen LogP contribution is -2.45. The third-order valence-electron chi connectivity index (χ3n) is 3.90. The van der Waals surface area contributed by atoms with Crippen LogP contribution in [0.4, 0.5) is 0 Å². The van der Waals surface area contributed by atoms with Crippen LogP contribution < -0.4 is 5.32 Å². The van der Waals surface area contributed by atoms with Crippen molar-refractivity contribution in [3.05, 3.63) is 42.0 Å². The summed E-state index contributed by atoms with van der Waals surface area (Å²) in [5.74, 6) is -1.56. The van der Waals surface area contributed by atoms with E-state index < -0.39 is 12.0 Å². The highest BCUT2D eigenvalue weighted by atomic mass is 16.4. The van der Waals surface area contributed by atoms with Gasteiger partial charge in [-0.05, 0) is 36.6 Å². The van der Waals surface area contributed by atoms with E-state index in [4.69, 9.17) is 0 Å². The largest absolute Gasteiger partial charge is 0.480 e. The molecule has 2 atom stereocenters. The SMILES string of the molecule is CC[C@H](C)[C@H](NC(=O)c1ccc(-n2cncn2)cc1C)C(=O)O. The van der Waals surface area contributed by atoms with Gasteiger partial charge in [0.1, 0.15) is 18.7 Å². The van der Waals surface area contributed by atoms with E-state index in [1.165, 1.54) is 6.33 Å². The third-order valence-corrected chi connectivity index (χ3v) is 3.90. The van der Waals surface area contributed by atoms with E-state index in [1.807, 2.05) is 13.0 Å². The first-order valence-corrected chi connectivity index (χ1v) is 7.43. The molecule has 0 aliphatic carbocycles. The molecule has 2 rings (SSSR count). The van der Waals surface area contributed by atoms with Crippen LogP contribution in [0.25, 0.3) is 5.69 Å². The Labute approximate surface area is 134 Å². The number of carbonyl (C=O) groups is 2. The molecule has 1 aromatic heterocycles. The van der Waals surface area contributed by atoms with Crippen molar-refractivity contribution in [1.29, 1.82) is 0 Å². The molecule has 7 nitrogen and oxygen atoms in total. The first kappa shape index (κ1) is 16.7. The van der Waals surface area contributed by atoms with E-state index in [-0.39, 0.29) is 11.8 Å². The van der Waals surface area contributed by atoms with Crippen molar-refractivity contribution in [2.24, 2.45) is 5.92 Å². The highest BCUT2D eigenvalue weighted by Crippen LogP contribution is 2.15. The average molecular weight is 316 g/mol. The van der Waals surface area contributed by atoms with Gasteiger partial charge >= 0.3 is 5.97 Å². The summed E-state index contributed by atoms with van der Waals surface area (Å²) in [6.07, 6.45) is 3.67. The minimum absolute atomic E-state index is 0.147. The maximum atomic E-state index is 12.4. The fourth-order valence-corrected chi connectivity index (χ4v) is 2.29. The molecule has 23 heavy (non-hydrogen) atoms. The number of carboxylic acid groups (broad SMARTS) is 1. The molecule has 0 saturated heterocycles. The lowest BCUT2D eigenvalue weighted by molar-refractivity contribution is -0.140. The average Bonchev–Trinajstić information content (AvgIpc) is 3.05. The van der Waals surface area contributed by atoms with Crippen molar-refractivity contribution in [3.8, 4) is 5.69 Å². The Balaban J connectivity index is 2.21. The van der Waals surface area contributed by atoms with Gasteiger partial charge < -0.3 is 10.4 Å². The summed E-state index contributed by atoms with van der Waals surface area (Å²) in [6, 6.07) is 4.32. The van der Waals surface area contributed by atoms with Crippen molar-refractivity contribution < 1.29 is 14.7 Å². The number of carboxylic acids is 1. The fraction of sp³-hybridized carbons (Fsp3) is 0.375. The minimum Gasteiger partial charge on any atom is -0.480 e. The van der Waals surface area contributed by atoms with E-state index in [1.54, 1.807) is 37.0 Å². The lowest BCUT2D eigenvalue weighted by Gasteiger charge is -2.20. The molecule has 2 aromatic rings. The van der Waals surface area contributed by atoms with Crippen LogP contribution in [-0.2, 0) is 4.79 Å². The number of aromatic nitrogens is 3. The summed E-state index contributed by atoms with van der Waals surface area (Å²) in [6.45, 7) is 5.50. The van der Waals surface area contributed by atoms with E-state index in [2.05, 4.69) is 15.4 Å². The first-order chi connectivity index (χ1) is 10.9. The smallest absolute Gasteiger partial charge is 0.326 e. The number of benzene rings is 1. The molecule has 2 N–H and O–H groups in total. The highest BCUT2D eigenvalue weighted by molar-refractivity contribution is 5.98. The Kier molecular flexibility index (Phi) is 5.10. The molecule has 1 heterocycles. The van der Waals surface area contributed by atoms with Crippen LogP contribution >= 0.6 is 0 Å². The Morgan fingerprint density at radius 1 is 1.39 bits per heavy atom. The molecular weight excluding hydrogens is 296 g/mol. The highest BCUT2D eigenvalue weighted by Gasteiger charge is 2.26. The van der Waals surface area contributed by atoms with Gasteiger partial charge in [0.15, 0.2) is 0 Å². The summed E-state index contributed by atoms with van der Waals surface area (Å²) in [5.41, 5.74) is 1.97. The summed E-state index contributed by atoms with van der Waals surface area (Å²) in [7, 11) is 0. The zero-order chi connectivity index (χ0) is 17.0. The lowest BCUT2D eigenvalue weighted by atomic mass is 9.98. The Morgan fingerprint density at radius 2 is 2.13 bits per heavy atom. The van der Waals surface area contributed by atoms with Crippen LogP contribution in [0.5, 0.6) is 0 Å². The van der Waals surface area contributed by atoms with Crippen molar-refractivity contribution in [2.75, 3.05) is 0 Å². The maximum absolute atomic E-state index is 12.4.